The van der Waals surface area contributed by atoms with Crippen LogP contribution in [0, 0.1) is 0 Å². The van der Waals surface area contributed by atoms with E-state index in [1.165, 1.54) is 39.5 Å². The van der Waals surface area contributed by atoms with Crippen LogP contribution in [0.15, 0.2) is 42.5 Å². The first-order valence-electron chi connectivity index (χ1n) is 8.24. The summed E-state index contributed by atoms with van der Waals surface area (Å²) in [5, 5.41) is 24.5. The molecule has 2 amide bonds. The van der Waals surface area contributed by atoms with Crippen molar-refractivity contribution >= 4 is 17.7 Å². The molecule has 2 aromatic rings. The predicted octanol–water partition coefficient (Wildman–Crippen LogP) is 2.02. The molecule has 0 saturated carbocycles. The zero-order valence-corrected chi connectivity index (χ0v) is 15.6. The van der Waals surface area contributed by atoms with E-state index in [1.54, 1.807) is 24.3 Å². The molecule has 0 saturated heterocycles. The third-order valence-electron chi connectivity index (χ3n) is 3.97. The van der Waals surface area contributed by atoms with Gasteiger partial charge in [-0.25, -0.2) is 9.59 Å². The number of aliphatic hydroxyl groups excluding tert-OH is 1. The minimum atomic E-state index is -1.56. The lowest BCUT2D eigenvalue weighted by molar-refractivity contribution is -0.142. The van der Waals surface area contributed by atoms with E-state index >= 15 is 0 Å². The van der Waals surface area contributed by atoms with E-state index in [2.05, 4.69) is 10.6 Å². The molecule has 0 aromatic heterocycles. The molecular formula is C19H22N2O7. The number of aliphatic carboxylic acids is 1. The number of rotatable bonds is 8. The first kappa shape index (κ1) is 20.8. The van der Waals surface area contributed by atoms with E-state index in [1.807, 2.05) is 0 Å². The molecule has 2 rings (SSSR count). The molecule has 0 spiro atoms. The molecule has 0 bridgehead atoms. The Hall–Kier alpha value is -3.46. The molecule has 0 aliphatic carbocycles. The van der Waals surface area contributed by atoms with Crippen LogP contribution < -0.4 is 24.8 Å². The lowest BCUT2D eigenvalue weighted by Crippen LogP contribution is -2.46. The van der Waals surface area contributed by atoms with E-state index in [-0.39, 0.29) is 0 Å². The van der Waals surface area contributed by atoms with E-state index in [4.69, 9.17) is 14.2 Å². The summed E-state index contributed by atoms with van der Waals surface area (Å²) in [6.45, 7) is 0. The molecule has 28 heavy (non-hydrogen) atoms. The van der Waals surface area contributed by atoms with Gasteiger partial charge in [0.2, 0.25) is 0 Å². The number of nitrogens with one attached hydrogen (secondary N) is 2. The smallest absolute Gasteiger partial charge is 0.329 e. The van der Waals surface area contributed by atoms with Gasteiger partial charge in [0.25, 0.3) is 0 Å². The van der Waals surface area contributed by atoms with Crippen molar-refractivity contribution in [1.29, 1.82) is 0 Å². The third kappa shape index (κ3) is 5.04. The van der Waals surface area contributed by atoms with Crippen LogP contribution >= 0.6 is 0 Å². The monoisotopic (exact) mass is 390 g/mol. The number of carboxylic acids is 1. The summed E-state index contributed by atoms with van der Waals surface area (Å²) in [5.74, 6) is 0.0490. The van der Waals surface area contributed by atoms with Crippen LogP contribution in [0.5, 0.6) is 17.2 Å². The Morgan fingerprint density at radius 3 is 2.11 bits per heavy atom. The number of benzene rings is 2. The Morgan fingerprint density at radius 2 is 1.57 bits per heavy atom. The van der Waals surface area contributed by atoms with Gasteiger partial charge in [-0.1, -0.05) is 12.1 Å². The second kappa shape index (κ2) is 9.47. The van der Waals surface area contributed by atoms with Crippen molar-refractivity contribution in [2.45, 2.75) is 12.1 Å². The van der Waals surface area contributed by atoms with Crippen LogP contribution in [-0.4, -0.2) is 49.6 Å². The van der Waals surface area contributed by atoms with Crippen LogP contribution in [0.4, 0.5) is 10.5 Å². The lowest BCUT2D eigenvalue weighted by atomic mass is 10.0. The number of anilines is 1. The zero-order chi connectivity index (χ0) is 20.7. The number of carbonyl (C=O) groups is 2. The molecule has 4 N–H and O–H groups in total. The number of carbonyl (C=O) groups excluding carboxylic acids is 1. The van der Waals surface area contributed by atoms with Crippen LogP contribution in [0.1, 0.15) is 11.7 Å². The Kier molecular flexibility index (Phi) is 7.05. The van der Waals surface area contributed by atoms with E-state index < -0.39 is 24.1 Å². The summed E-state index contributed by atoms with van der Waals surface area (Å²) in [5.41, 5.74) is 0.679. The van der Waals surface area contributed by atoms with Crippen LogP contribution in [0.25, 0.3) is 0 Å². The van der Waals surface area contributed by atoms with Gasteiger partial charge in [-0.3, -0.25) is 0 Å². The first-order chi connectivity index (χ1) is 13.4. The van der Waals surface area contributed by atoms with Crippen molar-refractivity contribution in [2.24, 2.45) is 0 Å². The highest BCUT2D eigenvalue weighted by Gasteiger charge is 2.29. The second-order valence-electron chi connectivity index (χ2n) is 5.70. The molecule has 2 aromatic carbocycles. The van der Waals surface area contributed by atoms with E-state index in [0.717, 1.165) is 0 Å². The molecule has 0 heterocycles. The van der Waals surface area contributed by atoms with Gasteiger partial charge in [0.15, 0.2) is 17.5 Å². The van der Waals surface area contributed by atoms with Crippen LogP contribution in [0.3, 0.4) is 0 Å². The lowest BCUT2D eigenvalue weighted by Gasteiger charge is -2.21. The van der Waals surface area contributed by atoms with Crippen molar-refractivity contribution < 1.29 is 34.0 Å². The normalized spacial score (nSPS) is 12.4. The largest absolute Gasteiger partial charge is 0.497 e. The molecule has 9 nitrogen and oxygen atoms in total. The van der Waals surface area contributed by atoms with Crippen molar-refractivity contribution in [3.63, 3.8) is 0 Å². The number of hydrogen-bond acceptors (Lipinski definition) is 6. The summed E-state index contributed by atoms with van der Waals surface area (Å²) >= 11 is 0. The average Bonchev–Trinajstić information content (AvgIpc) is 2.71. The first-order valence-corrected chi connectivity index (χ1v) is 8.24. The molecule has 0 radical (unpaired) electrons. The maximum absolute atomic E-state index is 12.2. The maximum Gasteiger partial charge on any atom is 0.329 e. The summed E-state index contributed by atoms with van der Waals surface area (Å²) in [4.78, 5) is 23.8. The molecule has 2 unspecified atom stereocenters. The van der Waals surface area contributed by atoms with Crippen molar-refractivity contribution in [3.05, 3.63) is 48.0 Å². The number of ether oxygens (including phenoxy) is 3. The quantitative estimate of drug-likeness (QED) is 0.543. The SMILES string of the molecule is COc1ccc(C(O)C(NC(=O)Nc2ccc(OC)c(OC)c2)C(=O)O)cc1. The van der Waals surface area contributed by atoms with Gasteiger partial charge < -0.3 is 35.1 Å². The fraction of sp³-hybridized carbons (Fsp3) is 0.263. The van der Waals surface area contributed by atoms with Crippen molar-refractivity contribution in [1.82, 2.24) is 5.32 Å². The van der Waals surface area contributed by atoms with Gasteiger partial charge in [0.1, 0.15) is 11.9 Å². The summed E-state index contributed by atoms with van der Waals surface area (Å²) in [6, 6.07) is 8.53. The molecule has 0 aliphatic heterocycles. The molecule has 2 atom stereocenters. The van der Waals surface area contributed by atoms with Gasteiger partial charge in [0, 0.05) is 11.8 Å². The zero-order valence-electron chi connectivity index (χ0n) is 15.6. The van der Waals surface area contributed by atoms with Gasteiger partial charge in [0.05, 0.1) is 21.3 Å². The fourth-order valence-corrected chi connectivity index (χ4v) is 2.49. The van der Waals surface area contributed by atoms with Gasteiger partial charge in [-0.2, -0.15) is 0 Å². The highest BCUT2D eigenvalue weighted by atomic mass is 16.5. The number of aliphatic hydroxyl groups is 1. The minimum absolute atomic E-state index is 0.319. The van der Waals surface area contributed by atoms with Crippen LogP contribution in [-0.2, 0) is 4.79 Å². The molecular weight excluding hydrogens is 368 g/mol. The number of methoxy groups -OCH3 is 3. The Morgan fingerprint density at radius 1 is 0.929 bits per heavy atom. The van der Waals surface area contributed by atoms with Gasteiger partial charge >= 0.3 is 12.0 Å². The van der Waals surface area contributed by atoms with Crippen molar-refractivity contribution in [3.8, 4) is 17.2 Å². The number of amides is 2. The maximum atomic E-state index is 12.2. The molecule has 9 heteroatoms. The summed E-state index contributed by atoms with van der Waals surface area (Å²) < 4.78 is 15.3. The highest BCUT2D eigenvalue weighted by molar-refractivity contribution is 5.92. The number of hydrogen-bond donors (Lipinski definition) is 4. The highest BCUT2D eigenvalue weighted by Crippen LogP contribution is 2.29. The number of urea groups is 1. The van der Waals surface area contributed by atoms with Gasteiger partial charge in [-0.15, -0.1) is 0 Å². The third-order valence-corrected chi connectivity index (χ3v) is 3.97. The summed E-state index contributed by atoms with van der Waals surface area (Å²) in [7, 11) is 4.43. The molecule has 0 aliphatic rings. The molecule has 150 valence electrons. The van der Waals surface area contributed by atoms with Gasteiger partial charge in [-0.05, 0) is 29.8 Å². The standard InChI is InChI=1S/C19H22N2O7/c1-26-13-7-4-11(5-8-13)17(22)16(18(23)24)21-19(25)20-12-6-9-14(27-2)15(10-12)28-3/h4-10,16-17,22H,1-3H3,(H,23,24)(H2,20,21,25). The number of carboxylic acid groups (broad SMARTS) is 1. The minimum Gasteiger partial charge on any atom is -0.497 e. The Labute approximate surface area is 161 Å². The van der Waals surface area contributed by atoms with Crippen LogP contribution in [0.2, 0.25) is 0 Å². The van der Waals surface area contributed by atoms with Crippen molar-refractivity contribution in [2.75, 3.05) is 26.6 Å². The fourth-order valence-electron chi connectivity index (χ4n) is 2.49. The summed E-state index contributed by atoms with van der Waals surface area (Å²) in [6.07, 6.45) is -1.46. The Bertz CT molecular complexity index is 824. The topological polar surface area (TPSA) is 126 Å². The molecule has 0 fully saturated rings. The Balaban J connectivity index is 2.10. The predicted molar refractivity (Wildman–Crippen MR) is 101 cm³/mol. The average molecular weight is 390 g/mol. The second-order valence-corrected chi connectivity index (χ2v) is 5.70. The van der Waals surface area contributed by atoms with E-state index in [0.29, 0.717) is 28.5 Å². The van der Waals surface area contributed by atoms with E-state index in [9.17, 15) is 19.8 Å².